The zero-order valence-electron chi connectivity index (χ0n) is 30.4. The highest BCUT2D eigenvalue weighted by molar-refractivity contribution is 6.15. The number of fused-ring (bicyclic) bond motifs is 2. The first-order valence-electron chi connectivity index (χ1n) is 17.4. The molecule has 0 unspecified atom stereocenters. The number of carbonyl (C=O) groups excluding carboxylic acids is 2. The zero-order valence-corrected chi connectivity index (χ0v) is 30.4. The van der Waals surface area contributed by atoms with Crippen molar-refractivity contribution in [2.24, 2.45) is 0 Å². The summed E-state index contributed by atoms with van der Waals surface area (Å²) in [6.07, 6.45) is 8.74. The van der Waals surface area contributed by atoms with Gasteiger partial charge in [0.15, 0.2) is 0 Å². The summed E-state index contributed by atoms with van der Waals surface area (Å²) in [4.78, 5) is 35.7. The fraction of sp³-hybridized carbons (Fsp3) is 0.475. The van der Waals surface area contributed by atoms with E-state index < -0.39 is 11.9 Å². The van der Waals surface area contributed by atoms with Gasteiger partial charge in [0.25, 0.3) is 0 Å². The molecule has 0 spiro atoms. The number of aromatic nitrogens is 1. The molecule has 0 aliphatic carbocycles. The molecule has 264 valence electrons. The van der Waals surface area contributed by atoms with Crippen molar-refractivity contribution >= 4 is 33.7 Å². The number of ether oxygens (including phenoxy) is 4. The Bertz CT molecular complexity index is 1610. The molecular weight excluding hydrogens is 618 g/mol. The number of hydrogen-bond acceptors (Lipinski definition) is 9. The van der Waals surface area contributed by atoms with Gasteiger partial charge < -0.3 is 28.7 Å². The van der Waals surface area contributed by atoms with Crippen LogP contribution in [0.5, 0.6) is 17.2 Å². The molecule has 1 heterocycles. The van der Waals surface area contributed by atoms with Crippen molar-refractivity contribution in [3.63, 3.8) is 0 Å². The van der Waals surface area contributed by atoms with E-state index in [9.17, 15) is 9.59 Å². The number of pyridine rings is 1. The Morgan fingerprint density at radius 2 is 1.10 bits per heavy atom. The summed E-state index contributed by atoms with van der Waals surface area (Å²) in [5.74, 6) is 0.780. The van der Waals surface area contributed by atoms with Gasteiger partial charge in [-0.25, -0.2) is 14.6 Å². The van der Waals surface area contributed by atoms with Crippen LogP contribution >= 0.6 is 0 Å². The maximum absolute atomic E-state index is 14.2. The van der Waals surface area contributed by atoms with Crippen LogP contribution in [0.1, 0.15) is 83.2 Å². The molecule has 0 aliphatic heterocycles. The van der Waals surface area contributed by atoms with Crippen LogP contribution in [0, 0.1) is 13.8 Å². The predicted molar refractivity (Wildman–Crippen MR) is 196 cm³/mol. The third-order valence-corrected chi connectivity index (χ3v) is 8.53. The fourth-order valence-electron chi connectivity index (χ4n) is 5.94. The fourth-order valence-corrected chi connectivity index (χ4v) is 5.94. The molecule has 0 radical (unpaired) electrons. The quantitative estimate of drug-likeness (QED) is 0.0426. The first-order chi connectivity index (χ1) is 23.6. The molecule has 0 saturated carbocycles. The van der Waals surface area contributed by atoms with E-state index >= 15 is 0 Å². The second-order valence-electron chi connectivity index (χ2n) is 13.3. The molecule has 0 N–H and O–H groups in total. The van der Waals surface area contributed by atoms with E-state index in [0.717, 1.165) is 51.6 Å². The van der Waals surface area contributed by atoms with Crippen LogP contribution in [0.4, 0.5) is 0 Å². The number of rotatable bonds is 19. The first-order valence-corrected chi connectivity index (χ1v) is 17.4. The monoisotopic (exact) mass is 671 g/mol. The number of hydrogen-bond donors (Lipinski definition) is 0. The maximum atomic E-state index is 14.2. The lowest BCUT2D eigenvalue weighted by atomic mass is 10.0. The smallest absolute Gasteiger partial charge is 0.344 e. The van der Waals surface area contributed by atoms with E-state index in [4.69, 9.17) is 23.9 Å². The molecule has 0 saturated heterocycles. The lowest BCUT2D eigenvalue weighted by Crippen LogP contribution is -2.13. The van der Waals surface area contributed by atoms with E-state index in [2.05, 4.69) is 38.0 Å². The Morgan fingerprint density at radius 1 is 0.633 bits per heavy atom. The van der Waals surface area contributed by atoms with Crippen molar-refractivity contribution < 1.29 is 28.5 Å². The van der Waals surface area contributed by atoms with E-state index in [0.29, 0.717) is 74.5 Å². The molecule has 0 fully saturated rings. The van der Waals surface area contributed by atoms with Crippen molar-refractivity contribution in [3.8, 4) is 17.2 Å². The van der Waals surface area contributed by atoms with Gasteiger partial charge in [0, 0.05) is 10.8 Å². The molecule has 0 aliphatic rings. The summed E-state index contributed by atoms with van der Waals surface area (Å²) < 4.78 is 23.3. The summed E-state index contributed by atoms with van der Waals surface area (Å²) in [5, 5.41) is 1.28. The van der Waals surface area contributed by atoms with E-state index in [-0.39, 0.29) is 0 Å². The van der Waals surface area contributed by atoms with E-state index in [1.807, 2.05) is 50.2 Å². The van der Waals surface area contributed by atoms with Crippen molar-refractivity contribution in [3.05, 3.63) is 70.8 Å². The normalized spacial score (nSPS) is 11.4. The van der Waals surface area contributed by atoms with Gasteiger partial charge in [0.1, 0.15) is 17.2 Å². The summed E-state index contributed by atoms with van der Waals surface area (Å²) >= 11 is 0. The Balaban J connectivity index is 1.62. The number of aryl methyl sites for hydroxylation is 2. The molecule has 4 rings (SSSR count). The average molecular weight is 672 g/mol. The summed E-state index contributed by atoms with van der Waals surface area (Å²) in [6, 6.07) is 14.7. The molecule has 9 heteroatoms. The molecular formula is C40H53N3O6. The van der Waals surface area contributed by atoms with Gasteiger partial charge in [-0.05, 0) is 140 Å². The average Bonchev–Trinajstić information content (AvgIpc) is 3.07. The van der Waals surface area contributed by atoms with Gasteiger partial charge >= 0.3 is 11.9 Å². The Kier molecular flexibility index (Phi) is 14.2. The highest BCUT2D eigenvalue weighted by Crippen LogP contribution is 2.34. The van der Waals surface area contributed by atoms with Crippen LogP contribution in [-0.4, -0.2) is 88.3 Å². The third-order valence-electron chi connectivity index (χ3n) is 8.53. The van der Waals surface area contributed by atoms with Crippen LogP contribution in [0.3, 0.4) is 0 Å². The van der Waals surface area contributed by atoms with Gasteiger partial charge in [-0.3, -0.25) is 0 Å². The summed E-state index contributed by atoms with van der Waals surface area (Å²) in [5.41, 5.74) is 3.42. The molecule has 3 aromatic carbocycles. The van der Waals surface area contributed by atoms with Crippen molar-refractivity contribution in [1.29, 1.82) is 0 Å². The highest BCUT2D eigenvalue weighted by Gasteiger charge is 2.22. The van der Waals surface area contributed by atoms with Crippen LogP contribution < -0.4 is 14.2 Å². The predicted octanol–water partition coefficient (Wildman–Crippen LogP) is 8.01. The largest absolute Gasteiger partial charge is 0.494 e. The van der Waals surface area contributed by atoms with E-state index in [1.165, 1.54) is 20.0 Å². The number of carbonyl (C=O) groups is 2. The Morgan fingerprint density at radius 3 is 1.55 bits per heavy atom. The maximum Gasteiger partial charge on any atom is 0.344 e. The van der Waals surface area contributed by atoms with Gasteiger partial charge in [-0.1, -0.05) is 25.7 Å². The van der Waals surface area contributed by atoms with Gasteiger partial charge in [0.05, 0.1) is 42.5 Å². The molecule has 0 amide bonds. The molecule has 1 aromatic heterocycles. The van der Waals surface area contributed by atoms with Gasteiger partial charge in [-0.2, -0.15) is 0 Å². The summed E-state index contributed by atoms with van der Waals surface area (Å²) in [7, 11) is 9.72. The molecule has 4 aromatic rings. The van der Waals surface area contributed by atoms with Crippen molar-refractivity contribution in [1.82, 2.24) is 14.8 Å². The van der Waals surface area contributed by atoms with Gasteiger partial charge in [0.2, 0.25) is 0 Å². The van der Waals surface area contributed by atoms with Gasteiger partial charge in [-0.15, -0.1) is 0 Å². The van der Waals surface area contributed by atoms with Crippen molar-refractivity contribution in [2.45, 2.75) is 65.2 Å². The van der Waals surface area contributed by atoms with Crippen molar-refractivity contribution in [2.75, 3.05) is 61.6 Å². The molecule has 0 bridgehead atoms. The van der Waals surface area contributed by atoms with Crippen LogP contribution in [0.25, 0.3) is 21.8 Å². The standard InChI is InChI=1S/C40H53N3O6/c1-28-24-30(39(44)46-7)25-29(2)38(28)49-40(45)37-33-26-31(47-22-14-10-8-12-20-42(3)4)16-18-35(33)41-36-19-17-32(27-34(36)37)48-23-15-11-9-13-21-43(5)6/h16-19,24-27H,8-15,20-23H2,1-7H3. The highest BCUT2D eigenvalue weighted by atomic mass is 16.5. The number of methoxy groups -OCH3 is 1. The molecule has 49 heavy (non-hydrogen) atoms. The number of unbranched alkanes of at least 4 members (excludes halogenated alkanes) is 6. The number of benzene rings is 3. The van der Waals surface area contributed by atoms with E-state index in [1.54, 1.807) is 12.1 Å². The Labute approximate surface area is 291 Å². The first kappa shape index (κ1) is 37.6. The second-order valence-corrected chi connectivity index (χ2v) is 13.3. The van der Waals surface area contributed by atoms with Crippen LogP contribution in [0.15, 0.2) is 48.5 Å². The summed E-state index contributed by atoms with van der Waals surface area (Å²) in [6.45, 7) is 6.97. The Hall–Kier alpha value is -4.21. The molecule has 0 atom stereocenters. The third kappa shape index (κ3) is 10.9. The SMILES string of the molecule is COC(=O)c1cc(C)c(OC(=O)c2c3cc(OCCCCCCN(C)C)ccc3nc3ccc(OCCCCCCN(C)C)cc23)c(C)c1. The minimum atomic E-state index is -0.523. The minimum Gasteiger partial charge on any atom is -0.494 e. The lowest BCUT2D eigenvalue weighted by Gasteiger charge is -2.16. The minimum absolute atomic E-state index is 0.388. The second kappa shape index (κ2) is 18.5. The number of esters is 2. The topological polar surface area (TPSA) is 90.4 Å². The zero-order chi connectivity index (χ0) is 35.3. The van der Waals surface area contributed by atoms with Crippen LogP contribution in [-0.2, 0) is 4.74 Å². The van der Waals surface area contributed by atoms with Crippen LogP contribution in [0.2, 0.25) is 0 Å². The molecule has 9 nitrogen and oxygen atoms in total. The lowest BCUT2D eigenvalue weighted by molar-refractivity contribution is 0.0600. The number of nitrogens with zero attached hydrogens (tertiary/aromatic N) is 3.